The SMILES string of the molecule is Cc1cc(-n2cnc(C(=O)O)c2)c2ccccc2n1. The smallest absolute Gasteiger partial charge is 0.356 e. The van der Waals surface area contributed by atoms with Crippen LogP contribution < -0.4 is 0 Å². The summed E-state index contributed by atoms with van der Waals surface area (Å²) in [7, 11) is 0. The lowest BCUT2D eigenvalue weighted by Gasteiger charge is -2.08. The first-order chi connectivity index (χ1) is 9.15. The highest BCUT2D eigenvalue weighted by molar-refractivity contribution is 5.88. The van der Waals surface area contributed by atoms with E-state index in [-0.39, 0.29) is 5.69 Å². The van der Waals surface area contributed by atoms with E-state index < -0.39 is 5.97 Å². The van der Waals surface area contributed by atoms with Gasteiger partial charge in [0.15, 0.2) is 5.69 Å². The number of carboxylic acid groups (broad SMARTS) is 1. The molecule has 3 aromatic rings. The van der Waals surface area contributed by atoms with Crippen LogP contribution in [0.15, 0.2) is 42.9 Å². The van der Waals surface area contributed by atoms with Crippen molar-refractivity contribution < 1.29 is 9.90 Å². The monoisotopic (exact) mass is 253 g/mol. The fraction of sp³-hybridized carbons (Fsp3) is 0.0714. The molecule has 94 valence electrons. The maximum absolute atomic E-state index is 10.9. The number of hydrogen-bond donors (Lipinski definition) is 1. The molecule has 1 N–H and O–H groups in total. The van der Waals surface area contributed by atoms with E-state index in [0.717, 1.165) is 22.3 Å². The van der Waals surface area contributed by atoms with Gasteiger partial charge in [0.25, 0.3) is 0 Å². The number of nitrogens with zero attached hydrogens (tertiary/aromatic N) is 3. The number of carbonyl (C=O) groups is 1. The molecule has 0 spiro atoms. The molecular weight excluding hydrogens is 242 g/mol. The Bertz CT molecular complexity index is 777. The number of fused-ring (bicyclic) bond motifs is 1. The predicted octanol–water partition coefficient (Wildman–Crippen LogP) is 2.43. The Balaban J connectivity index is 2.26. The first-order valence-corrected chi connectivity index (χ1v) is 5.79. The van der Waals surface area contributed by atoms with Gasteiger partial charge in [-0.05, 0) is 19.1 Å². The molecule has 0 aliphatic rings. The van der Waals surface area contributed by atoms with Crippen molar-refractivity contribution in [3.63, 3.8) is 0 Å². The van der Waals surface area contributed by atoms with Crippen molar-refractivity contribution in [3.05, 3.63) is 54.2 Å². The molecule has 0 aliphatic heterocycles. The summed E-state index contributed by atoms with van der Waals surface area (Å²) in [4.78, 5) is 19.2. The van der Waals surface area contributed by atoms with Crippen LogP contribution in [0.1, 0.15) is 16.2 Å². The molecule has 0 unspecified atom stereocenters. The molecule has 5 nitrogen and oxygen atoms in total. The number of aromatic nitrogens is 3. The summed E-state index contributed by atoms with van der Waals surface area (Å²) in [5.41, 5.74) is 2.66. The van der Waals surface area contributed by atoms with E-state index in [2.05, 4.69) is 9.97 Å². The van der Waals surface area contributed by atoms with Crippen LogP contribution in [0.3, 0.4) is 0 Å². The molecule has 0 aliphatic carbocycles. The van der Waals surface area contributed by atoms with Gasteiger partial charge in [0.1, 0.15) is 6.33 Å². The van der Waals surface area contributed by atoms with Crippen LogP contribution >= 0.6 is 0 Å². The normalized spacial score (nSPS) is 10.8. The Kier molecular flexibility index (Phi) is 2.52. The highest BCUT2D eigenvalue weighted by Crippen LogP contribution is 2.22. The molecule has 0 saturated heterocycles. The molecule has 3 rings (SSSR count). The van der Waals surface area contributed by atoms with Crippen LogP contribution in [0.4, 0.5) is 0 Å². The minimum atomic E-state index is -1.03. The molecule has 5 heteroatoms. The summed E-state index contributed by atoms with van der Waals surface area (Å²) in [5.74, 6) is -1.03. The lowest BCUT2D eigenvalue weighted by molar-refractivity contribution is 0.0691. The molecule has 2 aromatic heterocycles. The number of pyridine rings is 1. The van der Waals surface area contributed by atoms with Gasteiger partial charge in [0.05, 0.1) is 11.2 Å². The van der Waals surface area contributed by atoms with Gasteiger partial charge in [-0.15, -0.1) is 0 Å². The molecule has 0 radical (unpaired) electrons. The molecular formula is C14H11N3O2. The third-order valence-electron chi connectivity index (χ3n) is 2.90. The van der Waals surface area contributed by atoms with E-state index in [0.29, 0.717) is 0 Å². The van der Waals surface area contributed by atoms with Gasteiger partial charge >= 0.3 is 5.97 Å². The minimum absolute atomic E-state index is 0.0264. The van der Waals surface area contributed by atoms with Crippen molar-refractivity contribution in [1.29, 1.82) is 0 Å². The number of carboxylic acids is 1. The summed E-state index contributed by atoms with van der Waals surface area (Å²) in [6, 6.07) is 9.65. The first-order valence-electron chi connectivity index (χ1n) is 5.79. The third-order valence-corrected chi connectivity index (χ3v) is 2.90. The number of aromatic carboxylic acids is 1. The fourth-order valence-electron chi connectivity index (χ4n) is 2.06. The van der Waals surface area contributed by atoms with E-state index in [9.17, 15) is 4.79 Å². The van der Waals surface area contributed by atoms with Gasteiger partial charge in [-0.25, -0.2) is 9.78 Å². The predicted molar refractivity (Wildman–Crippen MR) is 70.6 cm³/mol. The van der Waals surface area contributed by atoms with Gasteiger partial charge in [0, 0.05) is 17.3 Å². The summed E-state index contributed by atoms with van der Waals surface area (Å²) in [5, 5.41) is 9.89. The molecule has 1 aromatic carbocycles. The molecule has 0 atom stereocenters. The third kappa shape index (κ3) is 1.95. The van der Waals surface area contributed by atoms with Crippen LogP contribution in [0.25, 0.3) is 16.6 Å². The zero-order valence-electron chi connectivity index (χ0n) is 10.2. The average Bonchev–Trinajstić information content (AvgIpc) is 2.87. The van der Waals surface area contributed by atoms with Gasteiger partial charge in [-0.2, -0.15) is 0 Å². The van der Waals surface area contributed by atoms with Crippen molar-refractivity contribution >= 4 is 16.9 Å². The van der Waals surface area contributed by atoms with Crippen LogP contribution in [-0.2, 0) is 0 Å². The Morgan fingerprint density at radius 3 is 2.84 bits per heavy atom. The summed E-state index contributed by atoms with van der Waals surface area (Å²) < 4.78 is 1.71. The molecule has 2 heterocycles. The molecule has 0 bridgehead atoms. The highest BCUT2D eigenvalue weighted by Gasteiger charge is 2.10. The zero-order chi connectivity index (χ0) is 13.4. The Morgan fingerprint density at radius 2 is 2.11 bits per heavy atom. The fourth-order valence-corrected chi connectivity index (χ4v) is 2.06. The highest BCUT2D eigenvalue weighted by atomic mass is 16.4. The number of imidazole rings is 1. The Labute approximate surface area is 109 Å². The van der Waals surface area contributed by atoms with Gasteiger partial charge in [-0.1, -0.05) is 18.2 Å². The molecule has 0 saturated carbocycles. The van der Waals surface area contributed by atoms with E-state index >= 15 is 0 Å². The number of benzene rings is 1. The number of hydrogen-bond acceptors (Lipinski definition) is 3. The second-order valence-corrected chi connectivity index (χ2v) is 4.27. The zero-order valence-corrected chi connectivity index (χ0v) is 10.2. The average molecular weight is 253 g/mol. The van der Waals surface area contributed by atoms with Crippen molar-refractivity contribution in [1.82, 2.24) is 14.5 Å². The molecule has 19 heavy (non-hydrogen) atoms. The van der Waals surface area contributed by atoms with Crippen molar-refractivity contribution in [2.24, 2.45) is 0 Å². The number of aryl methyl sites for hydroxylation is 1. The van der Waals surface area contributed by atoms with Crippen LogP contribution in [0, 0.1) is 6.92 Å². The largest absolute Gasteiger partial charge is 0.476 e. The topological polar surface area (TPSA) is 68.0 Å². The van der Waals surface area contributed by atoms with Crippen molar-refractivity contribution in [3.8, 4) is 5.69 Å². The minimum Gasteiger partial charge on any atom is -0.476 e. The van der Waals surface area contributed by atoms with Gasteiger partial charge < -0.3 is 9.67 Å². The Hall–Kier alpha value is -2.69. The van der Waals surface area contributed by atoms with E-state index in [1.54, 1.807) is 4.57 Å². The summed E-state index contributed by atoms with van der Waals surface area (Å²) >= 11 is 0. The van der Waals surface area contributed by atoms with Crippen LogP contribution in [-0.4, -0.2) is 25.6 Å². The van der Waals surface area contributed by atoms with E-state index in [4.69, 9.17) is 5.11 Å². The van der Waals surface area contributed by atoms with Gasteiger partial charge in [-0.3, -0.25) is 4.98 Å². The van der Waals surface area contributed by atoms with Crippen molar-refractivity contribution in [2.45, 2.75) is 6.92 Å². The lowest BCUT2D eigenvalue weighted by atomic mass is 10.1. The standard InChI is InChI=1S/C14H11N3O2/c1-9-6-13(10-4-2-3-5-11(10)16-9)17-7-12(14(18)19)15-8-17/h2-8H,1H3,(H,18,19). The quantitative estimate of drug-likeness (QED) is 0.761. The maximum Gasteiger partial charge on any atom is 0.356 e. The van der Waals surface area contributed by atoms with E-state index in [1.807, 2.05) is 37.3 Å². The lowest BCUT2D eigenvalue weighted by Crippen LogP contribution is -1.97. The second kappa shape index (κ2) is 4.20. The second-order valence-electron chi connectivity index (χ2n) is 4.27. The number of para-hydroxylation sites is 1. The van der Waals surface area contributed by atoms with Crippen LogP contribution in [0.2, 0.25) is 0 Å². The first kappa shape index (κ1) is 11.4. The maximum atomic E-state index is 10.9. The number of rotatable bonds is 2. The van der Waals surface area contributed by atoms with E-state index in [1.165, 1.54) is 12.5 Å². The Morgan fingerprint density at radius 1 is 1.32 bits per heavy atom. The molecule has 0 fully saturated rings. The van der Waals surface area contributed by atoms with Crippen molar-refractivity contribution in [2.75, 3.05) is 0 Å². The molecule has 0 amide bonds. The van der Waals surface area contributed by atoms with Gasteiger partial charge in [0.2, 0.25) is 0 Å². The summed E-state index contributed by atoms with van der Waals surface area (Å²) in [6.45, 7) is 1.91. The summed E-state index contributed by atoms with van der Waals surface area (Å²) in [6.07, 6.45) is 3.01. The van der Waals surface area contributed by atoms with Crippen LogP contribution in [0.5, 0.6) is 0 Å².